The minimum atomic E-state index is -0.0387. The zero-order chi connectivity index (χ0) is 18.5. The van der Waals surface area contributed by atoms with Crippen molar-refractivity contribution in [3.63, 3.8) is 0 Å². The molecule has 2 amide bonds. The minimum absolute atomic E-state index is 0.0221. The van der Waals surface area contributed by atoms with Gasteiger partial charge in [0.1, 0.15) is 0 Å². The van der Waals surface area contributed by atoms with Crippen molar-refractivity contribution in [2.75, 3.05) is 13.1 Å². The minimum Gasteiger partial charge on any atom is -0.352 e. The normalized spacial score (nSPS) is 14.9. The first-order chi connectivity index (χ1) is 12.5. The molecule has 1 N–H and O–H groups in total. The number of halogens is 1. The molecule has 5 heteroatoms. The molecule has 1 heterocycles. The fourth-order valence-electron chi connectivity index (χ4n) is 3.30. The van der Waals surface area contributed by atoms with E-state index in [1.807, 2.05) is 25.1 Å². The summed E-state index contributed by atoms with van der Waals surface area (Å²) in [6, 6.07) is 15.1. The average molecular weight is 371 g/mol. The van der Waals surface area contributed by atoms with Gasteiger partial charge in [-0.05, 0) is 43.5 Å². The standard InChI is InChI=1S/C21H23ClN2O2/c1-15-4-2-5-16(12-15)14-23-20(25)17-8-10-24(11-9-17)21(26)18-6-3-7-19(22)13-18/h2-7,12-13,17H,8-11,14H2,1H3,(H,23,25). The topological polar surface area (TPSA) is 49.4 Å². The van der Waals surface area contributed by atoms with E-state index in [1.165, 1.54) is 5.56 Å². The van der Waals surface area contributed by atoms with Crippen molar-refractivity contribution in [3.05, 3.63) is 70.2 Å². The maximum atomic E-state index is 12.5. The number of amides is 2. The Kier molecular flexibility index (Phi) is 5.94. The Morgan fingerprint density at radius 3 is 2.54 bits per heavy atom. The Balaban J connectivity index is 1.50. The van der Waals surface area contributed by atoms with Gasteiger partial charge in [-0.15, -0.1) is 0 Å². The van der Waals surface area contributed by atoms with Crippen LogP contribution in [0.1, 0.15) is 34.3 Å². The second kappa shape index (κ2) is 8.37. The third-order valence-electron chi connectivity index (χ3n) is 4.77. The molecule has 0 aliphatic carbocycles. The number of piperidine rings is 1. The van der Waals surface area contributed by atoms with Gasteiger partial charge < -0.3 is 10.2 Å². The molecule has 1 saturated heterocycles. The van der Waals surface area contributed by atoms with Crippen molar-refractivity contribution >= 4 is 23.4 Å². The molecule has 4 nitrogen and oxygen atoms in total. The Morgan fingerprint density at radius 1 is 1.12 bits per heavy atom. The fourth-order valence-corrected chi connectivity index (χ4v) is 3.49. The molecule has 0 aromatic heterocycles. The average Bonchev–Trinajstić information content (AvgIpc) is 2.66. The number of carbonyl (C=O) groups excluding carboxylic acids is 2. The van der Waals surface area contributed by atoms with Crippen LogP contribution in [0.25, 0.3) is 0 Å². The van der Waals surface area contributed by atoms with Gasteiger partial charge >= 0.3 is 0 Å². The van der Waals surface area contributed by atoms with Crippen molar-refractivity contribution in [1.29, 1.82) is 0 Å². The Morgan fingerprint density at radius 2 is 1.85 bits per heavy atom. The summed E-state index contributed by atoms with van der Waals surface area (Å²) in [6.45, 7) is 3.77. The smallest absolute Gasteiger partial charge is 0.253 e. The highest BCUT2D eigenvalue weighted by atomic mass is 35.5. The summed E-state index contributed by atoms with van der Waals surface area (Å²) in [5.74, 6) is 0.00991. The lowest BCUT2D eigenvalue weighted by molar-refractivity contribution is -0.126. The summed E-state index contributed by atoms with van der Waals surface area (Å²) in [5.41, 5.74) is 2.89. The summed E-state index contributed by atoms with van der Waals surface area (Å²) < 4.78 is 0. The second-order valence-corrected chi connectivity index (χ2v) is 7.22. The highest BCUT2D eigenvalue weighted by molar-refractivity contribution is 6.30. The van der Waals surface area contributed by atoms with Crippen molar-refractivity contribution < 1.29 is 9.59 Å². The molecule has 1 aliphatic heterocycles. The second-order valence-electron chi connectivity index (χ2n) is 6.78. The Hall–Kier alpha value is -2.33. The molecule has 1 aliphatic rings. The van der Waals surface area contributed by atoms with Gasteiger partial charge in [-0.2, -0.15) is 0 Å². The molecule has 0 unspecified atom stereocenters. The predicted octanol–water partition coefficient (Wildman–Crippen LogP) is 3.82. The zero-order valence-electron chi connectivity index (χ0n) is 14.9. The van der Waals surface area contributed by atoms with Crippen LogP contribution in [0.5, 0.6) is 0 Å². The van der Waals surface area contributed by atoms with E-state index in [-0.39, 0.29) is 17.7 Å². The van der Waals surface area contributed by atoms with Crippen LogP contribution in [0.4, 0.5) is 0 Å². The highest BCUT2D eigenvalue weighted by Gasteiger charge is 2.27. The molecule has 0 radical (unpaired) electrons. The first-order valence-electron chi connectivity index (χ1n) is 8.91. The molecular weight excluding hydrogens is 348 g/mol. The summed E-state index contributed by atoms with van der Waals surface area (Å²) in [7, 11) is 0. The number of benzene rings is 2. The lowest BCUT2D eigenvalue weighted by Crippen LogP contribution is -2.42. The number of carbonyl (C=O) groups is 2. The van der Waals surface area contributed by atoms with Gasteiger partial charge in [0.2, 0.25) is 5.91 Å². The first kappa shape index (κ1) is 18.5. The van der Waals surface area contributed by atoms with Crippen LogP contribution in [-0.4, -0.2) is 29.8 Å². The van der Waals surface area contributed by atoms with Crippen molar-refractivity contribution in [1.82, 2.24) is 10.2 Å². The molecule has 3 rings (SSSR count). The van der Waals surface area contributed by atoms with E-state index >= 15 is 0 Å². The quantitative estimate of drug-likeness (QED) is 0.889. The van der Waals surface area contributed by atoms with E-state index < -0.39 is 0 Å². The molecule has 26 heavy (non-hydrogen) atoms. The lowest BCUT2D eigenvalue weighted by atomic mass is 9.95. The molecule has 0 bridgehead atoms. The van der Waals surface area contributed by atoms with Gasteiger partial charge in [0.05, 0.1) is 0 Å². The van der Waals surface area contributed by atoms with Gasteiger partial charge in [0, 0.05) is 36.1 Å². The molecule has 1 fully saturated rings. The van der Waals surface area contributed by atoms with E-state index in [0.29, 0.717) is 43.1 Å². The Labute approximate surface area is 159 Å². The maximum absolute atomic E-state index is 12.5. The number of aryl methyl sites for hydroxylation is 1. The van der Waals surface area contributed by atoms with E-state index in [2.05, 4.69) is 11.4 Å². The highest BCUT2D eigenvalue weighted by Crippen LogP contribution is 2.20. The molecule has 0 spiro atoms. The van der Waals surface area contributed by atoms with E-state index in [1.54, 1.807) is 29.2 Å². The monoisotopic (exact) mass is 370 g/mol. The number of hydrogen-bond donors (Lipinski definition) is 1. The first-order valence-corrected chi connectivity index (χ1v) is 9.29. The maximum Gasteiger partial charge on any atom is 0.253 e. The van der Waals surface area contributed by atoms with Gasteiger partial charge in [-0.25, -0.2) is 0 Å². The Bertz CT molecular complexity index is 798. The number of likely N-dealkylation sites (tertiary alicyclic amines) is 1. The predicted molar refractivity (Wildman–Crippen MR) is 103 cm³/mol. The number of nitrogens with one attached hydrogen (secondary N) is 1. The van der Waals surface area contributed by atoms with Gasteiger partial charge in [-0.1, -0.05) is 47.5 Å². The number of hydrogen-bond acceptors (Lipinski definition) is 2. The largest absolute Gasteiger partial charge is 0.352 e. The van der Waals surface area contributed by atoms with E-state index in [9.17, 15) is 9.59 Å². The van der Waals surface area contributed by atoms with Crippen molar-refractivity contribution in [2.24, 2.45) is 5.92 Å². The summed E-state index contributed by atoms with van der Waals surface area (Å²) in [5, 5.41) is 3.58. The third-order valence-corrected chi connectivity index (χ3v) is 5.01. The number of nitrogens with zero attached hydrogens (tertiary/aromatic N) is 1. The molecule has 0 atom stereocenters. The summed E-state index contributed by atoms with van der Waals surface area (Å²) in [4.78, 5) is 26.8. The van der Waals surface area contributed by atoms with Gasteiger partial charge in [0.15, 0.2) is 0 Å². The molecule has 2 aromatic carbocycles. The number of rotatable bonds is 4. The van der Waals surface area contributed by atoms with Crippen LogP contribution in [0.2, 0.25) is 5.02 Å². The zero-order valence-corrected chi connectivity index (χ0v) is 15.6. The van der Waals surface area contributed by atoms with Crippen molar-refractivity contribution in [2.45, 2.75) is 26.3 Å². The van der Waals surface area contributed by atoms with Gasteiger partial charge in [0.25, 0.3) is 5.91 Å². The molecule has 136 valence electrons. The summed E-state index contributed by atoms with van der Waals surface area (Å²) >= 11 is 5.96. The third kappa shape index (κ3) is 4.64. The lowest BCUT2D eigenvalue weighted by Gasteiger charge is -2.31. The van der Waals surface area contributed by atoms with Crippen LogP contribution in [0.15, 0.2) is 48.5 Å². The van der Waals surface area contributed by atoms with E-state index in [0.717, 1.165) is 5.56 Å². The molecular formula is C21H23ClN2O2. The molecule has 2 aromatic rings. The van der Waals surface area contributed by atoms with Crippen LogP contribution in [0, 0.1) is 12.8 Å². The van der Waals surface area contributed by atoms with Crippen LogP contribution in [0.3, 0.4) is 0 Å². The van der Waals surface area contributed by atoms with Crippen LogP contribution >= 0.6 is 11.6 Å². The van der Waals surface area contributed by atoms with Crippen LogP contribution < -0.4 is 5.32 Å². The SMILES string of the molecule is Cc1cccc(CNC(=O)C2CCN(C(=O)c3cccc(Cl)c3)CC2)c1. The van der Waals surface area contributed by atoms with Gasteiger partial charge in [-0.3, -0.25) is 9.59 Å². The van der Waals surface area contributed by atoms with E-state index in [4.69, 9.17) is 11.6 Å². The summed E-state index contributed by atoms with van der Waals surface area (Å²) in [6.07, 6.45) is 1.37. The van der Waals surface area contributed by atoms with Crippen molar-refractivity contribution in [3.8, 4) is 0 Å². The van der Waals surface area contributed by atoms with Crippen LogP contribution in [-0.2, 0) is 11.3 Å². The fraction of sp³-hybridized carbons (Fsp3) is 0.333. The molecule has 0 saturated carbocycles.